The van der Waals surface area contributed by atoms with Crippen molar-refractivity contribution in [3.05, 3.63) is 0 Å². The molecule has 0 heterocycles. The van der Waals surface area contributed by atoms with Gasteiger partial charge in [0.25, 0.3) is 0 Å². The van der Waals surface area contributed by atoms with Crippen molar-refractivity contribution in [2.45, 2.75) is 0 Å². The third kappa shape index (κ3) is 8.74. The largest absolute Gasteiger partial charge is 0.480 e. The highest BCUT2D eigenvalue weighted by Gasteiger charge is 2.01. The van der Waals surface area contributed by atoms with Crippen molar-refractivity contribution in [1.29, 1.82) is 0 Å². The van der Waals surface area contributed by atoms with Crippen molar-refractivity contribution < 1.29 is 14.7 Å². The minimum absolute atomic E-state index is 0.372. The predicted octanol–water partition coefficient (Wildman–Crippen LogP) is -0.263. The molecule has 0 rings (SSSR count). The molecule has 0 atom stereocenters. The highest BCUT2D eigenvalue weighted by Crippen LogP contribution is 1.94. The van der Waals surface area contributed by atoms with Crippen LogP contribution in [0, 0.1) is 12.3 Å². The van der Waals surface area contributed by atoms with Gasteiger partial charge in [-0.05, 0) is 0 Å². The maximum Gasteiger partial charge on any atom is 0.323 e. The number of urea groups is 1. The van der Waals surface area contributed by atoms with Gasteiger partial charge < -0.3 is 15.7 Å². The summed E-state index contributed by atoms with van der Waals surface area (Å²) >= 11 is 1.52. The Bertz CT molecular complexity index is 237. The highest BCUT2D eigenvalue weighted by molar-refractivity contribution is 7.99. The topological polar surface area (TPSA) is 78.4 Å². The summed E-state index contributed by atoms with van der Waals surface area (Å²) in [5.74, 6) is 2.71. The molecule has 3 N–H and O–H groups in total. The number of thioether (sulfide) groups is 1. The van der Waals surface area contributed by atoms with E-state index in [9.17, 15) is 9.59 Å². The summed E-state index contributed by atoms with van der Waals surface area (Å²) in [5, 5.41) is 12.9. The smallest absolute Gasteiger partial charge is 0.323 e. The van der Waals surface area contributed by atoms with E-state index >= 15 is 0 Å². The molecule has 0 aromatic carbocycles. The average Bonchev–Trinajstić information content (AvgIpc) is 2.14. The summed E-state index contributed by atoms with van der Waals surface area (Å²) in [5.41, 5.74) is 0. The van der Waals surface area contributed by atoms with Crippen LogP contribution in [0.25, 0.3) is 0 Å². The number of carbonyl (C=O) groups excluding carboxylic acids is 1. The first kappa shape index (κ1) is 12.7. The molecule has 2 amide bonds. The molecule has 0 aromatic heterocycles. The Morgan fingerprint density at radius 2 is 2.14 bits per heavy atom. The number of terminal acetylenes is 1. The van der Waals surface area contributed by atoms with Crippen LogP contribution in [-0.2, 0) is 4.79 Å². The average molecular weight is 216 g/mol. The quantitative estimate of drug-likeness (QED) is 0.422. The molecule has 0 aliphatic carbocycles. The van der Waals surface area contributed by atoms with E-state index in [1.165, 1.54) is 11.8 Å². The molecule has 14 heavy (non-hydrogen) atoms. The zero-order valence-corrected chi connectivity index (χ0v) is 8.39. The first-order valence-electron chi connectivity index (χ1n) is 3.91. The summed E-state index contributed by atoms with van der Waals surface area (Å²) in [6, 6.07) is -0.478. The number of carbonyl (C=O) groups is 2. The predicted molar refractivity (Wildman–Crippen MR) is 55.2 cm³/mol. The van der Waals surface area contributed by atoms with Gasteiger partial charge in [-0.2, -0.15) is 0 Å². The van der Waals surface area contributed by atoms with Crippen molar-refractivity contribution in [3.8, 4) is 12.3 Å². The molecule has 0 fully saturated rings. The number of hydrogen-bond donors (Lipinski definition) is 3. The molecule has 5 nitrogen and oxygen atoms in total. The second-order valence-corrected chi connectivity index (χ2v) is 3.37. The number of nitrogens with one attached hydrogen (secondary N) is 2. The van der Waals surface area contributed by atoms with Gasteiger partial charge >= 0.3 is 12.0 Å². The van der Waals surface area contributed by atoms with Crippen LogP contribution >= 0.6 is 11.8 Å². The first-order chi connectivity index (χ1) is 6.66. The van der Waals surface area contributed by atoms with E-state index < -0.39 is 12.0 Å². The van der Waals surface area contributed by atoms with Gasteiger partial charge in [-0.15, -0.1) is 18.2 Å². The Hall–Kier alpha value is -1.35. The fraction of sp³-hybridized carbons (Fsp3) is 0.500. The maximum absolute atomic E-state index is 10.8. The Morgan fingerprint density at radius 3 is 2.71 bits per heavy atom. The van der Waals surface area contributed by atoms with Gasteiger partial charge in [-0.25, -0.2) is 4.79 Å². The fourth-order valence-electron chi connectivity index (χ4n) is 0.586. The third-order valence-electron chi connectivity index (χ3n) is 1.12. The second kappa shape index (κ2) is 8.26. The van der Waals surface area contributed by atoms with Crippen LogP contribution in [0.5, 0.6) is 0 Å². The summed E-state index contributed by atoms with van der Waals surface area (Å²) in [7, 11) is 0. The van der Waals surface area contributed by atoms with Crippen LogP contribution in [-0.4, -0.2) is 41.7 Å². The molecule has 78 valence electrons. The van der Waals surface area contributed by atoms with E-state index in [4.69, 9.17) is 11.5 Å². The normalized spacial score (nSPS) is 8.79. The van der Waals surface area contributed by atoms with E-state index in [0.717, 1.165) is 0 Å². The minimum Gasteiger partial charge on any atom is -0.480 e. The number of hydrogen-bond acceptors (Lipinski definition) is 3. The highest BCUT2D eigenvalue weighted by atomic mass is 32.2. The monoisotopic (exact) mass is 216 g/mol. The number of aliphatic carboxylic acids is 1. The molecular weight excluding hydrogens is 204 g/mol. The van der Waals surface area contributed by atoms with E-state index in [1.807, 2.05) is 0 Å². The van der Waals surface area contributed by atoms with Crippen molar-refractivity contribution in [1.82, 2.24) is 10.6 Å². The standard InChI is InChI=1S/C8H12N2O3S/c1-2-4-14-5-3-9-8(13)10-6-7(11)12/h1H,3-6H2,(H,11,12)(H2,9,10,13). The van der Waals surface area contributed by atoms with Crippen molar-refractivity contribution in [2.75, 3.05) is 24.6 Å². The van der Waals surface area contributed by atoms with Gasteiger partial charge in [0.2, 0.25) is 0 Å². The summed E-state index contributed by atoms with van der Waals surface area (Å²) in [6.07, 6.45) is 5.02. The Balaban J connectivity index is 3.28. The third-order valence-corrected chi connectivity index (χ3v) is 1.98. The van der Waals surface area contributed by atoms with Gasteiger partial charge in [-0.3, -0.25) is 4.79 Å². The van der Waals surface area contributed by atoms with Gasteiger partial charge in [0.1, 0.15) is 6.54 Å². The molecule has 0 unspecified atom stereocenters. The molecule has 0 spiro atoms. The lowest BCUT2D eigenvalue weighted by Gasteiger charge is -2.04. The Kier molecular flexibility index (Phi) is 7.46. The Labute approximate surface area is 86.6 Å². The van der Waals surface area contributed by atoms with E-state index in [2.05, 4.69) is 16.6 Å². The fourth-order valence-corrected chi connectivity index (χ4v) is 1.09. The van der Waals surface area contributed by atoms with Crippen LogP contribution in [0.1, 0.15) is 0 Å². The van der Waals surface area contributed by atoms with Gasteiger partial charge in [0.05, 0.1) is 5.75 Å². The van der Waals surface area contributed by atoms with Crippen molar-refractivity contribution in [2.24, 2.45) is 0 Å². The lowest BCUT2D eigenvalue weighted by molar-refractivity contribution is -0.135. The van der Waals surface area contributed by atoms with E-state index in [1.54, 1.807) is 0 Å². The number of amides is 2. The van der Waals surface area contributed by atoms with Crippen LogP contribution < -0.4 is 10.6 Å². The molecule has 6 heteroatoms. The molecule has 0 saturated carbocycles. The first-order valence-corrected chi connectivity index (χ1v) is 5.07. The zero-order valence-electron chi connectivity index (χ0n) is 7.58. The molecule has 0 bridgehead atoms. The summed E-state index contributed by atoms with van der Waals surface area (Å²) in [6.45, 7) is 0.0983. The minimum atomic E-state index is -1.07. The maximum atomic E-state index is 10.8. The van der Waals surface area contributed by atoms with E-state index in [0.29, 0.717) is 18.1 Å². The molecule has 0 saturated heterocycles. The second-order valence-electron chi connectivity index (χ2n) is 2.26. The molecule has 0 radical (unpaired) electrons. The Morgan fingerprint density at radius 1 is 1.43 bits per heavy atom. The van der Waals surface area contributed by atoms with Crippen LogP contribution in [0.4, 0.5) is 4.79 Å². The molecule has 0 aliphatic heterocycles. The van der Waals surface area contributed by atoms with Crippen molar-refractivity contribution >= 4 is 23.8 Å². The van der Waals surface area contributed by atoms with Crippen LogP contribution in [0.2, 0.25) is 0 Å². The lowest BCUT2D eigenvalue weighted by Crippen LogP contribution is -2.39. The van der Waals surface area contributed by atoms with Crippen LogP contribution in [0.15, 0.2) is 0 Å². The lowest BCUT2D eigenvalue weighted by atomic mass is 10.6. The van der Waals surface area contributed by atoms with Gasteiger partial charge in [-0.1, -0.05) is 5.92 Å². The van der Waals surface area contributed by atoms with Gasteiger partial charge in [0, 0.05) is 12.3 Å². The van der Waals surface area contributed by atoms with Gasteiger partial charge in [0.15, 0.2) is 0 Å². The van der Waals surface area contributed by atoms with Crippen LogP contribution in [0.3, 0.4) is 0 Å². The number of carboxylic acid groups (broad SMARTS) is 1. The molecular formula is C8H12N2O3S. The summed E-state index contributed by atoms with van der Waals surface area (Å²) < 4.78 is 0. The van der Waals surface area contributed by atoms with Crippen molar-refractivity contribution in [3.63, 3.8) is 0 Å². The van der Waals surface area contributed by atoms with E-state index in [-0.39, 0.29) is 6.54 Å². The molecule has 0 aliphatic rings. The zero-order chi connectivity index (χ0) is 10.8. The SMILES string of the molecule is C#CCSCCNC(=O)NCC(=O)O. The number of rotatable bonds is 6. The molecule has 0 aromatic rings. The summed E-state index contributed by atoms with van der Waals surface area (Å²) in [4.78, 5) is 20.9. The number of carboxylic acids is 1.